The van der Waals surface area contributed by atoms with Crippen LogP contribution < -0.4 is 24.8 Å². The summed E-state index contributed by atoms with van der Waals surface area (Å²) in [5, 5.41) is 5.95. The van der Waals surface area contributed by atoms with Crippen LogP contribution in [0.2, 0.25) is 0 Å². The topological polar surface area (TPSA) is 94.6 Å². The second-order valence-electron chi connectivity index (χ2n) is 6.14. The van der Waals surface area contributed by atoms with Crippen molar-refractivity contribution >= 4 is 23.1 Å². The number of aromatic nitrogens is 2. The smallest absolute Gasteiger partial charge is 0.274 e. The molecular weight excluding hydrogens is 372 g/mol. The standard InChI is InChI=1S/C21H22N4O4/c1-13-5-7-17(27-2)15(9-13)25-21(26)16-11-20(23-12-22-16)24-14-6-8-18(28-3)19(10-14)29-4/h5-12H,1-4H3,(H,25,26)(H,22,23,24). The van der Waals surface area contributed by atoms with E-state index >= 15 is 0 Å². The third-order valence-corrected chi connectivity index (χ3v) is 4.16. The Balaban J connectivity index is 1.79. The van der Waals surface area contributed by atoms with Crippen LogP contribution >= 0.6 is 0 Å². The highest BCUT2D eigenvalue weighted by molar-refractivity contribution is 6.04. The molecule has 0 saturated carbocycles. The lowest BCUT2D eigenvalue weighted by Crippen LogP contribution is -2.15. The van der Waals surface area contributed by atoms with Gasteiger partial charge in [-0.2, -0.15) is 0 Å². The second kappa shape index (κ2) is 8.92. The van der Waals surface area contributed by atoms with E-state index in [1.54, 1.807) is 45.6 Å². The molecule has 3 rings (SSSR count). The van der Waals surface area contributed by atoms with E-state index < -0.39 is 0 Å². The molecule has 29 heavy (non-hydrogen) atoms. The molecule has 2 N–H and O–H groups in total. The zero-order chi connectivity index (χ0) is 20.8. The average Bonchev–Trinajstić information content (AvgIpc) is 2.74. The minimum absolute atomic E-state index is 0.214. The second-order valence-corrected chi connectivity index (χ2v) is 6.14. The number of benzene rings is 2. The maximum atomic E-state index is 12.7. The number of carbonyl (C=O) groups is 1. The fourth-order valence-corrected chi connectivity index (χ4v) is 2.72. The highest BCUT2D eigenvalue weighted by atomic mass is 16.5. The normalized spacial score (nSPS) is 10.2. The molecule has 0 bridgehead atoms. The van der Waals surface area contributed by atoms with E-state index in [1.807, 2.05) is 25.1 Å². The van der Waals surface area contributed by atoms with Crippen LogP contribution in [0.1, 0.15) is 16.1 Å². The number of amides is 1. The predicted octanol–water partition coefficient (Wildman–Crippen LogP) is 3.81. The highest BCUT2D eigenvalue weighted by Crippen LogP contribution is 2.31. The summed E-state index contributed by atoms with van der Waals surface area (Å²) < 4.78 is 15.8. The molecule has 1 aromatic heterocycles. The van der Waals surface area contributed by atoms with Crippen molar-refractivity contribution in [3.63, 3.8) is 0 Å². The monoisotopic (exact) mass is 394 g/mol. The number of nitrogens with one attached hydrogen (secondary N) is 2. The van der Waals surface area contributed by atoms with E-state index in [4.69, 9.17) is 14.2 Å². The summed E-state index contributed by atoms with van der Waals surface area (Å²) in [4.78, 5) is 20.9. The largest absolute Gasteiger partial charge is 0.495 e. The Morgan fingerprint density at radius 2 is 1.59 bits per heavy atom. The van der Waals surface area contributed by atoms with Crippen LogP contribution in [0.25, 0.3) is 0 Å². The van der Waals surface area contributed by atoms with E-state index in [0.29, 0.717) is 28.8 Å². The SMILES string of the molecule is COc1ccc(C)cc1NC(=O)c1cc(Nc2ccc(OC)c(OC)c2)ncn1. The molecule has 0 radical (unpaired) electrons. The molecule has 0 unspecified atom stereocenters. The summed E-state index contributed by atoms with van der Waals surface area (Å²) in [5.41, 5.74) is 2.52. The maximum absolute atomic E-state index is 12.7. The number of rotatable bonds is 7. The molecule has 0 aliphatic heterocycles. The van der Waals surface area contributed by atoms with Crippen LogP contribution in [0.15, 0.2) is 48.8 Å². The first kappa shape index (κ1) is 19.9. The van der Waals surface area contributed by atoms with Gasteiger partial charge >= 0.3 is 0 Å². The summed E-state index contributed by atoms with van der Waals surface area (Å²) in [5.74, 6) is 1.87. The van der Waals surface area contributed by atoms with Crippen LogP contribution in [-0.4, -0.2) is 37.2 Å². The van der Waals surface area contributed by atoms with Gasteiger partial charge in [-0.25, -0.2) is 9.97 Å². The molecule has 1 amide bonds. The van der Waals surface area contributed by atoms with Gasteiger partial charge < -0.3 is 24.8 Å². The number of nitrogens with zero attached hydrogens (tertiary/aromatic N) is 2. The van der Waals surface area contributed by atoms with Crippen LogP contribution in [-0.2, 0) is 0 Å². The van der Waals surface area contributed by atoms with Crippen LogP contribution in [0.5, 0.6) is 17.2 Å². The molecule has 1 heterocycles. The van der Waals surface area contributed by atoms with Crippen molar-refractivity contribution in [1.82, 2.24) is 9.97 Å². The van der Waals surface area contributed by atoms with E-state index in [1.165, 1.54) is 6.33 Å². The van der Waals surface area contributed by atoms with Gasteiger partial charge in [0.1, 0.15) is 23.6 Å². The van der Waals surface area contributed by atoms with Gasteiger partial charge in [-0.3, -0.25) is 4.79 Å². The lowest BCUT2D eigenvalue weighted by atomic mass is 10.2. The van der Waals surface area contributed by atoms with Crippen LogP contribution in [0.3, 0.4) is 0 Å². The third kappa shape index (κ3) is 4.73. The van der Waals surface area contributed by atoms with E-state index in [2.05, 4.69) is 20.6 Å². The van der Waals surface area contributed by atoms with Gasteiger partial charge in [0, 0.05) is 17.8 Å². The molecule has 0 saturated heterocycles. The molecule has 150 valence electrons. The van der Waals surface area contributed by atoms with Gasteiger partial charge in [0.05, 0.1) is 27.0 Å². The minimum Gasteiger partial charge on any atom is -0.495 e. The molecule has 2 aromatic carbocycles. The first-order chi connectivity index (χ1) is 14.0. The third-order valence-electron chi connectivity index (χ3n) is 4.16. The Hall–Kier alpha value is -3.81. The molecule has 8 nitrogen and oxygen atoms in total. The first-order valence-corrected chi connectivity index (χ1v) is 8.81. The Bertz CT molecular complexity index is 1020. The fraction of sp³-hybridized carbons (Fsp3) is 0.190. The number of methoxy groups -OCH3 is 3. The van der Waals surface area contributed by atoms with Gasteiger partial charge in [-0.1, -0.05) is 6.07 Å². The Labute approximate surface area is 168 Å². The van der Waals surface area contributed by atoms with Crippen molar-refractivity contribution in [1.29, 1.82) is 0 Å². The molecule has 0 fully saturated rings. The summed E-state index contributed by atoms with van der Waals surface area (Å²) in [7, 11) is 4.69. The number of anilines is 3. The molecule has 0 atom stereocenters. The zero-order valence-electron chi connectivity index (χ0n) is 16.6. The average molecular weight is 394 g/mol. The Morgan fingerprint density at radius 1 is 0.862 bits per heavy atom. The van der Waals surface area contributed by atoms with Crippen molar-refractivity contribution in [2.45, 2.75) is 6.92 Å². The van der Waals surface area contributed by atoms with Crippen LogP contribution in [0, 0.1) is 6.92 Å². The highest BCUT2D eigenvalue weighted by Gasteiger charge is 2.13. The van der Waals surface area contributed by atoms with Gasteiger partial charge in [0.15, 0.2) is 11.5 Å². The van der Waals surface area contributed by atoms with E-state index in [-0.39, 0.29) is 11.6 Å². The van der Waals surface area contributed by atoms with Crippen LogP contribution in [0.4, 0.5) is 17.2 Å². The van der Waals surface area contributed by atoms with Crippen molar-refractivity contribution in [2.75, 3.05) is 32.0 Å². The molecule has 3 aromatic rings. The first-order valence-electron chi connectivity index (χ1n) is 8.81. The summed E-state index contributed by atoms with van der Waals surface area (Å²) in [6.45, 7) is 1.94. The molecule has 0 spiro atoms. The number of aryl methyl sites for hydroxylation is 1. The van der Waals surface area contributed by atoms with Gasteiger partial charge in [0.25, 0.3) is 5.91 Å². The van der Waals surface area contributed by atoms with Crippen molar-refractivity contribution in [3.05, 3.63) is 60.0 Å². The predicted molar refractivity (Wildman–Crippen MR) is 111 cm³/mol. The molecule has 0 aliphatic carbocycles. The summed E-state index contributed by atoms with van der Waals surface area (Å²) in [6.07, 6.45) is 1.32. The zero-order valence-corrected chi connectivity index (χ0v) is 16.6. The minimum atomic E-state index is -0.369. The molecular formula is C21H22N4O4. The Kier molecular flexibility index (Phi) is 6.13. The number of hydrogen-bond donors (Lipinski definition) is 2. The van der Waals surface area contributed by atoms with Gasteiger partial charge in [-0.05, 0) is 36.8 Å². The molecule has 0 aliphatic rings. The number of ether oxygens (including phenoxy) is 3. The lowest BCUT2D eigenvalue weighted by molar-refractivity contribution is 0.102. The van der Waals surface area contributed by atoms with Gasteiger partial charge in [-0.15, -0.1) is 0 Å². The van der Waals surface area contributed by atoms with Gasteiger partial charge in [0.2, 0.25) is 0 Å². The lowest BCUT2D eigenvalue weighted by Gasteiger charge is -2.12. The Morgan fingerprint density at radius 3 is 2.31 bits per heavy atom. The number of hydrogen-bond acceptors (Lipinski definition) is 7. The molecule has 8 heteroatoms. The quantitative estimate of drug-likeness (QED) is 0.629. The summed E-state index contributed by atoms with van der Waals surface area (Å²) in [6, 6.07) is 12.5. The summed E-state index contributed by atoms with van der Waals surface area (Å²) >= 11 is 0. The van der Waals surface area contributed by atoms with E-state index in [9.17, 15) is 4.79 Å². The van der Waals surface area contributed by atoms with E-state index in [0.717, 1.165) is 11.3 Å². The van der Waals surface area contributed by atoms with Crippen molar-refractivity contribution in [3.8, 4) is 17.2 Å². The van der Waals surface area contributed by atoms with Crippen molar-refractivity contribution in [2.24, 2.45) is 0 Å². The fourth-order valence-electron chi connectivity index (χ4n) is 2.72. The van der Waals surface area contributed by atoms with Crippen molar-refractivity contribution < 1.29 is 19.0 Å². The maximum Gasteiger partial charge on any atom is 0.274 e. The number of carbonyl (C=O) groups excluding carboxylic acids is 1.